The van der Waals surface area contributed by atoms with Crippen molar-refractivity contribution < 1.29 is 19.2 Å². The van der Waals surface area contributed by atoms with Crippen LogP contribution in [0.2, 0.25) is 0 Å². The van der Waals surface area contributed by atoms with Crippen molar-refractivity contribution >= 4 is 29.0 Å². The van der Waals surface area contributed by atoms with Gasteiger partial charge in [0.2, 0.25) is 11.8 Å². The number of nitrogens with one attached hydrogen (secondary N) is 1. The zero-order chi connectivity index (χ0) is 20.2. The lowest BCUT2D eigenvalue weighted by molar-refractivity contribution is -0.385. The molecule has 0 unspecified atom stereocenters. The van der Waals surface area contributed by atoms with E-state index in [4.69, 9.17) is 4.74 Å². The van der Waals surface area contributed by atoms with Crippen molar-refractivity contribution in [1.29, 1.82) is 0 Å². The molecule has 2 saturated heterocycles. The maximum Gasteiger partial charge on any atom is 0.287 e. The Morgan fingerprint density at radius 1 is 1.17 bits per heavy atom. The molecule has 1 aromatic carbocycles. The normalized spacial score (nSPS) is 29.4. The molecule has 0 saturated carbocycles. The number of carbonyl (C=O) groups is 2. The molecule has 1 aromatic heterocycles. The van der Waals surface area contributed by atoms with Crippen molar-refractivity contribution in [3.8, 4) is 0 Å². The van der Waals surface area contributed by atoms with Gasteiger partial charge in [0, 0.05) is 12.6 Å². The summed E-state index contributed by atoms with van der Waals surface area (Å²) in [5.41, 5.74) is -0.520. The van der Waals surface area contributed by atoms with Crippen LogP contribution in [0.3, 0.4) is 0 Å². The second kappa shape index (κ2) is 6.21. The number of para-hydroxylation sites is 1. The van der Waals surface area contributed by atoms with Crippen molar-refractivity contribution in [3.63, 3.8) is 0 Å². The Balaban J connectivity index is 1.40. The third-order valence-electron chi connectivity index (χ3n) is 5.67. The zero-order valence-corrected chi connectivity index (χ0v) is 15.1. The van der Waals surface area contributed by atoms with Crippen LogP contribution < -0.4 is 10.2 Å². The maximum absolute atomic E-state index is 13.2. The number of imide groups is 1. The molecular weight excluding hydrogens is 376 g/mol. The van der Waals surface area contributed by atoms with Crippen LogP contribution in [0.5, 0.6) is 0 Å². The highest BCUT2D eigenvalue weighted by molar-refractivity contribution is 6.23. The molecule has 3 aliphatic heterocycles. The van der Waals surface area contributed by atoms with Gasteiger partial charge in [-0.25, -0.2) is 9.88 Å². The molecule has 146 valence electrons. The molecule has 2 aromatic rings. The minimum atomic E-state index is -0.963. The lowest BCUT2D eigenvalue weighted by Gasteiger charge is -2.29. The van der Waals surface area contributed by atoms with Gasteiger partial charge in [0.05, 0.1) is 28.6 Å². The number of benzene rings is 1. The number of nitrogens with zero attached hydrogens (tertiary/aromatic N) is 3. The van der Waals surface area contributed by atoms with Crippen molar-refractivity contribution in [3.05, 3.63) is 70.9 Å². The summed E-state index contributed by atoms with van der Waals surface area (Å²) in [4.78, 5) is 41.7. The fourth-order valence-electron chi connectivity index (χ4n) is 4.37. The van der Waals surface area contributed by atoms with E-state index in [1.165, 1.54) is 17.0 Å². The monoisotopic (exact) mass is 392 g/mol. The minimum Gasteiger partial charge on any atom is -0.367 e. The number of pyridine rings is 1. The first-order chi connectivity index (χ1) is 14.0. The fraction of sp³-hybridized carbons (Fsp3) is 0.250. The molecule has 4 heterocycles. The summed E-state index contributed by atoms with van der Waals surface area (Å²) in [5, 5.41) is 13.8. The second-order valence-electron chi connectivity index (χ2n) is 7.26. The van der Waals surface area contributed by atoms with Gasteiger partial charge in [-0.15, -0.1) is 0 Å². The summed E-state index contributed by atoms with van der Waals surface area (Å²) < 4.78 is 6.06. The minimum absolute atomic E-state index is 0.109. The van der Waals surface area contributed by atoms with Crippen LogP contribution in [0.1, 0.15) is 0 Å². The Bertz CT molecular complexity index is 1040. The lowest BCUT2D eigenvalue weighted by Crippen LogP contribution is -2.45. The first-order valence-electron chi connectivity index (χ1n) is 9.14. The number of hydrogen-bond donors (Lipinski definition) is 1. The Labute approximate surface area is 165 Å². The summed E-state index contributed by atoms with van der Waals surface area (Å²) in [6.07, 6.45) is 4.37. The van der Waals surface area contributed by atoms with Crippen LogP contribution in [0.15, 0.2) is 60.8 Å². The largest absolute Gasteiger partial charge is 0.367 e. The van der Waals surface area contributed by atoms with E-state index in [1.54, 1.807) is 24.3 Å². The topological polar surface area (TPSA) is 115 Å². The average molecular weight is 392 g/mol. The number of carbonyl (C=O) groups excluding carboxylic acids is 2. The maximum atomic E-state index is 13.2. The van der Waals surface area contributed by atoms with E-state index in [-0.39, 0.29) is 24.0 Å². The van der Waals surface area contributed by atoms with E-state index in [0.717, 1.165) is 6.20 Å². The molecule has 9 nitrogen and oxygen atoms in total. The molecule has 0 aliphatic carbocycles. The predicted molar refractivity (Wildman–Crippen MR) is 102 cm³/mol. The van der Waals surface area contributed by atoms with Crippen LogP contribution in [-0.4, -0.2) is 40.0 Å². The standard InChI is InChI=1S/C20H16N4O5/c25-18-16-14-8-9-20(29-14,11-22-15-7-6-13(10-21-15)24(27)28)17(16)19(26)23(18)12-4-2-1-3-5-12/h1-10,14,16-17H,11H2,(H,21,22)/t14-,16-,17+,20+/m1/s1. The Morgan fingerprint density at radius 2 is 1.97 bits per heavy atom. The summed E-state index contributed by atoms with van der Waals surface area (Å²) in [6.45, 7) is 0.216. The highest BCUT2D eigenvalue weighted by atomic mass is 16.6. The van der Waals surface area contributed by atoms with Gasteiger partial charge in [0.25, 0.3) is 5.69 Å². The summed E-state index contributed by atoms with van der Waals surface area (Å²) >= 11 is 0. The lowest BCUT2D eigenvalue weighted by atomic mass is 9.77. The highest BCUT2D eigenvalue weighted by Gasteiger charge is 2.67. The van der Waals surface area contributed by atoms with E-state index in [0.29, 0.717) is 11.5 Å². The molecule has 0 radical (unpaired) electrons. The third-order valence-corrected chi connectivity index (χ3v) is 5.67. The molecule has 9 heteroatoms. The van der Waals surface area contributed by atoms with Gasteiger partial charge in [-0.05, 0) is 18.2 Å². The van der Waals surface area contributed by atoms with Crippen LogP contribution >= 0.6 is 0 Å². The molecule has 4 atom stereocenters. The predicted octanol–water partition coefficient (Wildman–Crippen LogP) is 1.91. The van der Waals surface area contributed by atoms with Crippen molar-refractivity contribution in [2.24, 2.45) is 11.8 Å². The van der Waals surface area contributed by atoms with Gasteiger partial charge in [0.15, 0.2) is 0 Å². The number of rotatable bonds is 5. The first-order valence-corrected chi connectivity index (χ1v) is 9.14. The molecule has 2 bridgehead atoms. The van der Waals surface area contributed by atoms with Gasteiger partial charge in [-0.1, -0.05) is 30.4 Å². The van der Waals surface area contributed by atoms with Crippen LogP contribution in [0, 0.1) is 22.0 Å². The summed E-state index contributed by atoms with van der Waals surface area (Å²) in [7, 11) is 0. The van der Waals surface area contributed by atoms with Crippen LogP contribution in [0.25, 0.3) is 0 Å². The Kier molecular flexibility index (Phi) is 3.75. The Morgan fingerprint density at radius 3 is 2.66 bits per heavy atom. The molecular formula is C20H16N4O5. The SMILES string of the molecule is O=C1[C@H]2[C@@H](C(=O)N1c1ccccc1)[C@@]1(CNc3ccc([N+](=O)[O-])cn3)C=C[C@H]2O1. The van der Waals surface area contributed by atoms with Gasteiger partial charge >= 0.3 is 0 Å². The van der Waals surface area contributed by atoms with Gasteiger partial charge in [0.1, 0.15) is 17.6 Å². The van der Waals surface area contributed by atoms with Crippen LogP contribution in [-0.2, 0) is 14.3 Å². The van der Waals surface area contributed by atoms with Gasteiger partial charge in [-0.3, -0.25) is 19.7 Å². The van der Waals surface area contributed by atoms with E-state index in [2.05, 4.69) is 10.3 Å². The molecule has 5 rings (SSSR count). The van der Waals surface area contributed by atoms with Crippen molar-refractivity contribution in [2.75, 3.05) is 16.8 Å². The number of fused-ring (bicyclic) bond motifs is 5. The Hall–Kier alpha value is -3.59. The van der Waals surface area contributed by atoms with Gasteiger partial charge in [-0.2, -0.15) is 0 Å². The number of ether oxygens (including phenoxy) is 1. The zero-order valence-electron chi connectivity index (χ0n) is 15.1. The molecule has 1 N–H and O–H groups in total. The fourth-order valence-corrected chi connectivity index (χ4v) is 4.37. The number of amides is 2. The summed E-state index contributed by atoms with van der Waals surface area (Å²) in [5.74, 6) is -1.30. The van der Waals surface area contributed by atoms with Crippen molar-refractivity contribution in [1.82, 2.24) is 4.98 Å². The smallest absolute Gasteiger partial charge is 0.287 e. The number of aromatic nitrogens is 1. The number of hydrogen-bond acceptors (Lipinski definition) is 7. The molecule has 2 amide bonds. The second-order valence-corrected chi connectivity index (χ2v) is 7.26. The number of nitro groups is 1. The van der Waals surface area contributed by atoms with E-state index in [9.17, 15) is 19.7 Å². The number of anilines is 2. The first kappa shape index (κ1) is 17.5. The molecule has 0 spiro atoms. The summed E-state index contributed by atoms with van der Waals surface area (Å²) in [6, 6.07) is 11.7. The molecule has 3 aliphatic rings. The van der Waals surface area contributed by atoms with E-state index in [1.807, 2.05) is 18.2 Å². The quantitative estimate of drug-likeness (QED) is 0.358. The van der Waals surface area contributed by atoms with Crippen molar-refractivity contribution in [2.45, 2.75) is 11.7 Å². The van der Waals surface area contributed by atoms with E-state index < -0.39 is 28.5 Å². The highest BCUT2D eigenvalue weighted by Crippen LogP contribution is 2.52. The molecule has 2 fully saturated rings. The third kappa shape index (κ3) is 2.54. The van der Waals surface area contributed by atoms with Crippen LogP contribution in [0.4, 0.5) is 17.2 Å². The van der Waals surface area contributed by atoms with E-state index >= 15 is 0 Å². The molecule has 29 heavy (non-hydrogen) atoms. The van der Waals surface area contributed by atoms with Gasteiger partial charge < -0.3 is 10.1 Å². The average Bonchev–Trinajstić information content (AvgIpc) is 3.38.